The molecule has 1 amide bonds. The number of pyridine rings is 1. The highest BCUT2D eigenvalue weighted by Gasteiger charge is 2.36. The molecule has 0 radical (unpaired) electrons. The molecule has 0 bridgehead atoms. The molecule has 1 aliphatic heterocycles. The standard InChI is InChI=1S/C19H25N5O/c1-23-13-10-21-18(23)17(14-2-3-14)22-16-6-11-24(12-7-16)19(25)15-4-8-20-9-5-15/h4-5,8-10,13-14,16-17,22H,2-3,6-7,11-12H2,1H3/t17-/m1/s1. The van der Waals surface area contributed by atoms with Gasteiger partial charge in [-0.2, -0.15) is 0 Å². The van der Waals surface area contributed by atoms with Crippen LogP contribution in [0.4, 0.5) is 0 Å². The van der Waals surface area contributed by atoms with Crippen LogP contribution in [0.1, 0.15) is 47.9 Å². The van der Waals surface area contributed by atoms with Crippen molar-refractivity contribution in [2.45, 2.75) is 37.8 Å². The first-order chi connectivity index (χ1) is 12.2. The number of likely N-dealkylation sites (tertiary alicyclic amines) is 1. The first-order valence-corrected chi connectivity index (χ1v) is 9.15. The summed E-state index contributed by atoms with van der Waals surface area (Å²) in [6, 6.07) is 4.37. The van der Waals surface area contributed by atoms with E-state index in [1.165, 1.54) is 12.8 Å². The third-order valence-corrected chi connectivity index (χ3v) is 5.35. The number of aromatic nitrogens is 3. The van der Waals surface area contributed by atoms with E-state index < -0.39 is 0 Å². The van der Waals surface area contributed by atoms with Crippen molar-refractivity contribution >= 4 is 5.91 Å². The number of hydrogen-bond donors (Lipinski definition) is 1. The molecule has 3 heterocycles. The summed E-state index contributed by atoms with van der Waals surface area (Å²) in [6.07, 6.45) is 11.8. The highest BCUT2D eigenvalue weighted by molar-refractivity contribution is 5.94. The highest BCUT2D eigenvalue weighted by atomic mass is 16.2. The van der Waals surface area contributed by atoms with Crippen molar-refractivity contribution in [3.05, 3.63) is 48.3 Å². The Morgan fingerprint density at radius 2 is 1.88 bits per heavy atom. The lowest BCUT2D eigenvalue weighted by Gasteiger charge is -2.34. The molecule has 1 atom stereocenters. The number of nitrogens with one attached hydrogen (secondary N) is 1. The van der Waals surface area contributed by atoms with Crippen molar-refractivity contribution < 1.29 is 4.79 Å². The molecule has 0 unspecified atom stereocenters. The maximum Gasteiger partial charge on any atom is 0.253 e. The van der Waals surface area contributed by atoms with Crippen LogP contribution in [0.15, 0.2) is 36.9 Å². The number of rotatable bonds is 5. The first-order valence-electron chi connectivity index (χ1n) is 9.15. The summed E-state index contributed by atoms with van der Waals surface area (Å²) in [7, 11) is 2.06. The predicted molar refractivity (Wildman–Crippen MR) is 95.0 cm³/mol. The minimum absolute atomic E-state index is 0.115. The molecule has 2 aliphatic rings. The second kappa shape index (κ2) is 6.96. The summed E-state index contributed by atoms with van der Waals surface area (Å²) >= 11 is 0. The summed E-state index contributed by atoms with van der Waals surface area (Å²) < 4.78 is 2.12. The average molecular weight is 339 g/mol. The Bertz CT molecular complexity index is 716. The van der Waals surface area contributed by atoms with Crippen molar-refractivity contribution in [2.75, 3.05) is 13.1 Å². The number of carbonyl (C=O) groups is 1. The van der Waals surface area contributed by atoms with E-state index in [0.29, 0.717) is 18.0 Å². The van der Waals surface area contributed by atoms with Crippen LogP contribution >= 0.6 is 0 Å². The van der Waals surface area contributed by atoms with E-state index in [4.69, 9.17) is 0 Å². The molecule has 132 valence electrons. The average Bonchev–Trinajstić information content (AvgIpc) is 3.41. The van der Waals surface area contributed by atoms with Crippen LogP contribution in [-0.2, 0) is 7.05 Å². The normalized spacial score (nSPS) is 19.8. The lowest BCUT2D eigenvalue weighted by atomic mass is 10.0. The number of aryl methyl sites for hydroxylation is 1. The van der Waals surface area contributed by atoms with E-state index in [9.17, 15) is 4.79 Å². The summed E-state index contributed by atoms with van der Waals surface area (Å²) in [5, 5.41) is 3.83. The van der Waals surface area contributed by atoms with Gasteiger partial charge in [0.25, 0.3) is 5.91 Å². The van der Waals surface area contributed by atoms with E-state index in [2.05, 4.69) is 26.9 Å². The lowest BCUT2D eigenvalue weighted by Crippen LogP contribution is -2.46. The molecule has 6 heteroatoms. The van der Waals surface area contributed by atoms with Gasteiger partial charge < -0.3 is 14.8 Å². The van der Waals surface area contributed by atoms with Crippen LogP contribution < -0.4 is 5.32 Å². The molecule has 1 saturated carbocycles. The van der Waals surface area contributed by atoms with Gasteiger partial charge in [-0.05, 0) is 43.7 Å². The maximum absolute atomic E-state index is 12.5. The predicted octanol–water partition coefficient (Wildman–Crippen LogP) is 2.16. The van der Waals surface area contributed by atoms with Gasteiger partial charge in [0.15, 0.2) is 0 Å². The fourth-order valence-corrected chi connectivity index (χ4v) is 3.71. The molecule has 6 nitrogen and oxygen atoms in total. The van der Waals surface area contributed by atoms with Crippen LogP contribution in [0.25, 0.3) is 0 Å². The Labute approximate surface area is 148 Å². The van der Waals surface area contributed by atoms with Gasteiger partial charge >= 0.3 is 0 Å². The number of amides is 1. The maximum atomic E-state index is 12.5. The van der Waals surface area contributed by atoms with Crippen LogP contribution in [0.5, 0.6) is 0 Å². The number of imidazole rings is 1. The zero-order chi connectivity index (χ0) is 17.2. The Balaban J connectivity index is 1.35. The van der Waals surface area contributed by atoms with Crippen LogP contribution in [0, 0.1) is 5.92 Å². The fraction of sp³-hybridized carbons (Fsp3) is 0.526. The molecule has 2 fully saturated rings. The van der Waals surface area contributed by atoms with Crippen molar-refractivity contribution in [2.24, 2.45) is 13.0 Å². The summed E-state index contributed by atoms with van der Waals surface area (Å²) in [6.45, 7) is 1.60. The van der Waals surface area contributed by atoms with Gasteiger partial charge in [-0.3, -0.25) is 9.78 Å². The van der Waals surface area contributed by atoms with Gasteiger partial charge in [-0.15, -0.1) is 0 Å². The quantitative estimate of drug-likeness (QED) is 0.907. The van der Waals surface area contributed by atoms with Crippen molar-refractivity contribution in [3.8, 4) is 0 Å². The number of hydrogen-bond acceptors (Lipinski definition) is 4. The second-order valence-corrected chi connectivity index (χ2v) is 7.18. The molecule has 25 heavy (non-hydrogen) atoms. The molecule has 1 saturated heterocycles. The second-order valence-electron chi connectivity index (χ2n) is 7.18. The van der Waals surface area contributed by atoms with Gasteiger partial charge in [-0.25, -0.2) is 4.98 Å². The summed E-state index contributed by atoms with van der Waals surface area (Å²) in [5.41, 5.74) is 0.727. The summed E-state index contributed by atoms with van der Waals surface area (Å²) in [4.78, 5) is 23.0. The smallest absolute Gasteiger partial charge is 0.253 e. The third kappa shape index (κ3) is 3.58. The Kier molecular flexibility index (Phi) is 4.53. The lowest BCUT2D eigenvalue weighted by molar-refractivity contribution is 0.0699. The van der Waals surface area contributed by atoms with E-state index in [0.717, 1.165) is 37.3 Å². The Morgan fingerprint density at radius 1 is 1.16 bits per heavy atom. The van der Waals surface area contributed by atoms with Crippen LogP contribution in [-0.4, -0.2) is 44.5 Å². The van der Waals surface area contributed by atoms with Gasteiger partial charge in [0, 0.05) is 56.5 Å². The minimum atomic E-state index is 0.115. The molecule has 2 aromatic rings. The largest absolute Gasteiger partial charge is 0.339 e. The monoisotopic (exact) mass is 339 g/mol. The Morgan fingerprint density at radius 3 is 2.48 bits per heavy atom. The summed E-state index contributed by atoms with van der Waals surface area (Å²) in [5.74, 6) is 1.96. The molecular formula is C19H25N5O. The molecular weight excluding hydrogens is 314 g/mol. The van der Waals surface area contributed by atoms with Gasteiger partial charge in [0.1, 0.15) is 5.82 Å². The molecule has 0 aromatic carbocycles. The van der Waals surface area contributed by atoms with E-state index in [-0.39, 0.29) is 5.91 Å². The van der Waals surface area contributed by atoms with Gasteiger partial charge in [-0.1, -0.05) is 0 Å². The molecule has 2 aromatic heterocycles. The highest BCUT2D eigenvalue weighted by Crippen LogP contribution is 2.41. The number of nitrogens with zero attached hydrogens (tertiary/aromatic N) is 4. The minimum Gasteiger partial charge on any atom is -0.339 e. The molecule has 4 rings (SSSR count). The number of carbonyl (C=O) groups excluding carboxylic acids is 1. The van der Waals surface area contributed by atoms with Crippen molar-refractivity contribution in [1.82, 2.24) is 24.8 Å². The third-order valence-electron chi connectivity index (χ3n) is 5.35. The van der Waals surface area contributed by atoms with E-state index in [1.807, 2.05) is 17.3 Å². The van der Waals surface area contributed by atoms with E-state index >= 15 is 0 Å². The SMILES string of the molecule is Cn1ccnc1[C@H](NC1CCN(C(=O)c2ccncc2)CC1)C1CC1. The van der Waals surface area contributed by atoms with Crippen molar-refractivity contribution in [3.63, 3.8) is 0 Å². The zero-order valence-corrected chi connectivity index (χ0v) is 14.6. The molecule has 1 aliphatic carbocycles. The van der Waals surface area contributed by atoms with Crippen molar-refractivity contribution in [1.29, 1.82) is 0 Å². The molecule has 1 N–H and O–H groups in total. The fourth-order valence-electron chi connectivity index (χ4n) is 3.71. The van der Waals surface area contributed by atoms with Gasteiger partial charge in [0.05, 0.1) is 6.04 Å². The first kappa shape index (κ1) is 16.3. The van der Waals surface area contributed by atoms with E-state index in [1.54, 1.807) is 24.5 Å². The Hall–Kier alpha value is -2.21. The van der Waals surface area contributed by atoms with Crippen LogP contribution in [0.2, 0.25) is 0 Å². The molecule has 0 spiro atoms. The number of piperidine rings is 1. The zero-order valence-electron chi connectivity index (χ0n) is 14.6. The van der Waals surface area contributed by atoms with Crippen LogP contribution in [0.3, 0.4) is 0 Å². The topological polar surface area (TPSA) is 63.1 Å². The van der Waals surface area contributed by atoms with Gasteiger partial charge in [0.2, 0.25) is 0 Å².